The lowest BCUT2D eigenvalue weighted by molar-refractivity contribution is -0.130. The number of piperazine rings is 1. The maximum atomic E-state index is 12.8. The number of benzene rings is 1. The summed E-state index contributed by atoms with van der Waals surface area (Å²) in [5.41, 5.74) is 1.80. The second-order valence-electron chi connectivity index (χ2n) is 7.54. The van der Waals surface area contributed by atoms with Gasteiger partial charge in [0.2, 0.25) is 0 Å². The van der Waals surface area contributed by atoms with Crippen LogP contribution in [0.15, 0.2) is 54.7 Å². The van der Waals surface area contributed by atoms with E-state index in [0.717, 1.165) is 44.8 Å². The summed E-state index contributed by atoms with van der Waals surface area (Å²) in [5, 5.41) is 0. The maximum absolute atomic E-state index is 12.8. The van der Waals surface area contributed by atoms with Crippen LogP contribution < -0.4 is 0 Å². The van der Waals surface area contributed by atoms with Crippen LogP contribution in [-0.4, -0.2) is 58.8 Å². The Labute approximate surface area is 156 Å². The van der Waals surface area contributed by atoms with Gasteiger partial charge in [-0.15, -0.1) is 0 Å². The molecule has 1 saturated heterocycles. The van der Waals surface area contributed by atoms with Crippen LogP contribution in [0.1, 0.15) is 25.1 Å². The lowest BCUT2D eigenvalue weighted by atomic mass is 9.92. The molecule has 0 bridgehead atoms. The monoisotopic (exact) mass is 351 g/mol. The molecule has 2 heterocycles. The molecule has 0 radical (unpaired) electrons. The molecular formula is C22H29N3O. The Morgan fingerprint density at radius 2 is 1.69 bits per heavy atom. The number of pyridine rings is 1. The van der Waals surface area contributed by atoms with Crippen LogP contribution in [0.25, 0.3) is 0 Å². The van der Waals surface area contributed by atoms with E-state index in [4.69, 9.17) is 0 Å². The van der Waals surface area contributed by atoms with Crippen molar-refractivity contribution in [3.05, 3.63) is 66.0 Å². The summed E-state index contributed by atoms with van der Waals surface area (Å²) >= 11 is 0. The van der Waals surface area contributed by atoms with Crippen LogP contribution in [0.2, 0.25) is 0 Å². The minimum Gasteiger partial charge on any atom is -0.300 e. The van der Waals surface area contributed by atoms with Crippen molar-refractivity contribution >= 4 is 5.78 Å². The molecule has 1 aliphatic rings. The molecule has 0 atom stereocenters. The third-order valence-corrected chi connectivity index (χ3v) is 5.47. The highest BCUT2D eigenvalue weighted by molar-refractivity contribution is 5.89. The number of carbonyl (C=O) groups is 1. The molecule has 3 rings (SSSR count). The molecule has 1 fully saturated rings. The first-order chi connectivity index (χ1) is 12.6. The third kappa shape index (κ3) is 4.77. The Morgan fingerprint density at radius 3 is 2.35 bits per heavy atom. The van der Waals surface area contributed by atoms with Gasteiger partial charge >= 0.3 is 0 Å². The lowest BCUT2D eigenvalue weighted by Crippen LogP contribution is -2.58. The van der Waals surface area contributed by atoms with Crippen molar-refractivity contribution in [2.75, 3.05) is 32.7 Å². The fraction of sp³-hybridized carbons (Fsp3) is 0.455. The summed E-state index contributed by atoms with van der Waals surface area (Å²) < 4.78 is 0. The van der Waals surface area contributed by atoms with Gasteiger partial charge in [0, 0.05) is 44.6 Å². The topological polar surface area (TPSA) is 36.4 Å². The number of ketones is 1. The number of aromatic nitrogens is 1. The smallest absolute Gasteiger partial charge is 0.158 e. The van der Waals surface area contributed by atoms with Crippen molar-refractivity contribution in [1.29, 1.82) is 0 Å². The van der Waals surface area contributed by atoms with E-state index in [2.05, 4.69) is 59.0 Å². The average molecular weight is 351 g/mol. The van der Waals surface area contributed by atoms with Crippen molar-refractivity contribution in [1.82, 2.24) is 14.8 Å². The Balaban J connectivity index is 1.49. The molecule has 0 saturated carbocycles. The van der Waals surface area contributed by atoms with E-state index >= 15 is 0 Å². The Kier molecular flexibility index (Phi) is 6.17. The van der Waals surface area contributed by atoms with Gasteiger partial charge in [0.25, 0.3) is 0 Å². The van der Waals surface area contributed by atoms with Crippen LogP contribution in [0.3, 0.4) is 0 Å². The molecule has 4 heteroatoms. The first-order valence-electron chi connectivity index (χ1n) is 9.50. The standard InChI is InChI=1S/C22H29N3O/c1-22(2,21(26)18-20-10-6-7-12-23-20)25-16-14-24(15-17-25)13-11-19-8-4-3-5-9-19/h3-10,12H,11,13-18H2,1-2H3. The second-order valence-corrected chi connectivity index (χ2v) is 7.54. The molecule has 0 unspecified atom stereocenters. The van der Waals surface area contributed by atoms with Crippen LogP contribution in [0.5, 0.6) is 0 Å². The average Bonchev–Trinajstić information content (AvgIpc) is 2.68. The molecule has 138 valence electrons. The summed E-state index contributed by atoms with van der Waals surface area (Å²) in [5.74, 6) is 0.244. The molecule has 0 spiro atoms. The zero-order valence-electron chi connectivity index (χ0n) is 15.9. The summed E-state index contributed by atoms with van der Waals surface area (Å²) in [4.78, 5) is 22.0. The van der Waals surface area contributed by atoms with E-state index in [1.54, 1.807) is 6.20 Å². The van der Waals surface area contributed by atoms with Gasteiger partial charge in [-0.2, -0.15) is 0 Å². The fourth-order valence-electron chi connectivity index (χ4n) is 3.52. The van der Waals surface area contributed by atoms with Gasteiger partial charge in [0.05, 0.1) is 12.0 Å². The molecule has 0 aliphatic carbocycles. The highest BCUT2D eigenvalue weighted by Gasteiger charge is 2.35. The molecule has 1 aliphatic heterocycles. The molecular weight excluding hydrogens is 322 g/mol. The van der Waals surface area contributed by atoms with E-state index in [1.807, 2.05) is 18.2 Å². The molecule has 0 amide bonds. The zero-order chi connectivity index (χ0) is 18.4. The number of nitrogens with zero attached hydrogens (tertiary/aromatic N) is 3. The first kappa shape index (κ1) is 18.7. The van der Waals surface area contributed by atoms with Gasteiger partial charge in [-0.1, -0.05) is 36.4 Å². The van der Waals surface area contributed by atoms with E-state index in [9.17, 15) is 4.79 Å². The fourth-order valence-corrected chi connectivity index (χ4v) is 3.52. The van der Waals surface area contributed by atoms with Gasteiger partial charge < -0.3 is 4.90 Å². The molecule has 0 N–H and O–H groups in total. The molecule has 4 nitrogen and oxygen atoms in total. The van der Waals surface area contributed by atoms with Crippen molar-refractivity contribution in [2.24, 2.45) is 0 Å². The second kappa shape index (κ2) is 8.56. The number of rotatable bonds is 7. The van der Waals surface area contributed by atoms with Crippen LogP contribution >= 0.6 is 0 Å². The maximum Gasteiger partial charge on any atom is 0.158 e. The third-order valence-electron chi connectivity index (χ3n) is 5.47. The normalized spacial score (nSPS) is 16.5. The lowest BCUT2D eigenvalue weighted by Gasteiger charge is -2.43. The highest BCUT2D eigenvalue weighted by Crippen LogP contribution is 2.20. The zero-order valence-corrected chi connectivity index (χ0v) is 15.9. The quantitative estimate of drug-likeness (QED) is 0.769. The van der Waals surface area contributed by atoms with E-state index in [0.29, 0.717) is 6.42 Å². The van der Waals surface area contributed by atoms with Crippen LogP contribution in [-0.2, 0) is 17.6 Å². The van der Waals surface area contributed by atoms with Crippen LogP contribution in [0, 0.1) is 0 Å². The van der Waals surface area contributed by atoms with Crippen molar-refractivity contribution in [2.45, 2.75) is 32.2 Å². The Bertz CT molecular complexity index is 692. The predicted molar refractivity (Wildman–Crippen MR) is 105 cm³/mol. The van der Waals surface area contributed by atoms with Crippen LogP contribution in [0.4, 0.5) is 0 Å². The summed E-state index contributed by atoms with van der Waals surface area (Å²) in [6.45, 7) is 9.11. The van der Waals surface area contributed by atoms with Crippen molar-refractivity contribution < 1.29 is 4.79 Å². The van der Waals surface area contributed by atoms with Gasteiger partial charge in [0.1, 0.15) is 0 Å². The molecule has 26 heavy (non-hydrogen) atoms. The summed E-state index contributed by atoms with van der Waals surface area (Å²) in [7, 11) is 0. The largest absolute Gasteiger partial charge is 0.300 e. The minimum atomic E-state index is -0.441. The van der Waals surface area contributed by atoms with Gasteiger partial charge in [-0.3, -0.25) is 14.7 Å². The molecule has 1 aromatic heterocycles. The van der Waals surface area contributed by atoms with Crippen molar-refractivity contribution in [3.63, 3.8) is 0 Å². The van der Waals surface area contributed by atoms with E-state index in [-0.39, 0.29) is 5.78 Å². The predicted octanol–water partition coefficient (Wildman–Crippen LogP) is 2.83. The van der Waals surface area contributed by atoms with Crippen molar-refractivity contribution in [3.8, 4) is 0 Å². The van der Waals surface area contributed by atoms with Gasteiger partial charge in [-0.25, -0.2) is 0 Å². The van der Waals surface area contributed by atoms with Gasteiger partial charge in [-0.05, 0) is 38.0 Å². The SMILES string of the molecule is CC(C)(C(=O)Cc1ccccn1)N1CCN(CCc2ccccc2)CC1. The Hall–Kier alpha value is -2.04. The number of Topliss-reactive ketones (excluding diaryl/α,β-unsaturated/α-hetero) is 1. The summed E-state index contributed by atoms with van der Waals surface area (Å²) in [6.07, 6.45) is 3.24. The first-order valence-corrected chi connectivity index (χ1v) is 9.50. The number of carbonyl (C=O) groups excluding carboxylic acids is 1. The summed E-state index contributed by atoms with van der Waals surface area (Å²) in [6, 6.07) is 16.4. The van der Waals surface area contributed by atoms with Gasteiger partial charge in [0.15, 0.2) is 5.78 Å². The highest BCUT2D eigenvalue weighted by atomic mass is 16.1. The molecule has 1 aromatic carbocycles. The number of hydrogen-bond donors (Lipinski definition) is 0. The van der Waals surface area contributed by atoms with E-state index in [1.165, 1.54) is 5.56 Å². The molecule has 2 aromatic rings. The minimum absolute atomic E-state index is 0.244. The Morgan fingerprint density at radius 1 is 1.00 bits per heavy atom. The van der Waals surface area contributed by atoms with E-state index < -0.39 is 5.54 Å². The number of hydrogen-bond acceptors (Lipinski definition) is 4.